The third kappa shape index (κ3) is 4.21. The summed E-state index contributed by atoms with van der Waals surface area (Å²) >= 11 is 9.23. The van der Waals surface area contributed by atoms with Gasteiger partial charge in [-0.15, -0.1) is 23.1 Å². The van der Waals surface area contributed by atoms with Gasteiger partial charge >= 0.3 is 0 Å². The normalized spacial score (nSPS) is 11.0. The highest BCUT2D eigenvalue weighted by molar-refractivity contribution is 7.98. The van der Waals surface area contributed by atoms with Gasteiger partial charge in [0.1, 0.15) is 5.58 Å². The zero-order chi connectivity index (χ0) is 18.6. The minimum atomic E-state index is -0.189. The van der Waals surface area contributed by atoms with E-state index in [9.17, 15) is 4.79 Å². The summed E-state index contributed by atoms with van der Waals surface area (Å²) in [6.07, 6.45) is 0. The molecule has 136 valence electrons. The quantitative estimate of drug-likeness (QED) is 0.373. The second-order valence-corrected chi connectivity index (χ2v) is 8.43. The summed E-state index contributed by atoms with van der Waals surface area (Å²) in [5, 5.41) is 6.64. The molecule has 3 nitrogen and oxygen atoms in total. The summed E-state index contributed by atoms with van der Waals surface area (Å²) in [6, 6.07) is 19.4. The molecule has 0 unspecified atom stereocenters. The van der Waals surface area contributed by atoms with Crippen molar-refractivity contribution in [3.8, 4) is 0 Å². The molecule has 1 N–H and O–H groups in total. The lowest BCUT2D eigenvalue weighted by Crippen LogP contribution is -2.22. The number of thiophene rings is 1. The number of amides is 1. The highest BCUT2D eigenvalue weighted by Gasteiger charge is 2.20. The van der Waals surface area contributed by atoms with Crippen LogP contribution in [0.4, 0.5) is 0 Å². The maximum Gasteiger partial charge on any atom is 0.287 e. The van der Waals surface area contributed by atoms with Gasteiger partial charge in [-0.3, -0.25) is 4.79 Å². The Hall–Kier alpha value is -2.21. The fraction of sp³-hybridized carbons (Fsp3) is 0.0952. The molecule has 27 heavy (non-hydrogen) atoms. The van der Waals surface area contributed by atoms with Gasteiger partial charge in [0.2, 0.25) is 0 Å². The van der Waals surface area contributed by atoms with Crippen LogP contribution in [0.5, 0.6) is 0 Å². The largest absolute Gasteiger partial charge is 0.451 e. The van der Waals surface area contributed by atoms with Gasteiger partial charge in [-0.05, 0) is 41.8 Å². The van der Waals surface area contributed by atoms with Crippen molar-refractivity contribution in [3.05, 3.63) is 87.3 Å². The number of hydrogen-bond acceptors (Lipinski definition) is 4. The van der Waals surface area contributed by atoms with Crippen molar-refractivity contribution in [3.63, 3.8) is 0 Å². The molecule has 0 aliphatic carbocycles. The smallest absolute Gasteiger partial charge is 0.287 e. The molecular formula is C21H16ClNO2S2. The first-order valence-corrected chi connectivity index (χ1v) is 10.6. The van der Waals surface area contributed by atoms with Crippen LogP contribution in [0.15, 0.2) is 75.4 Å². The van der Waals surface area contributed by atoms with Gasteiger partial charge in [0, 0.05) is 31.5 Å². The Labute approximate surface area is 170 Å². The number of hydrogen-bond donors (Lipinski definition) is 1. The molecule has 0 radical (unpaired) electrons. The number of thioether (sulfide) groups is 1. The van der Waals surface area contributed by atoms with Gasteiger partial charge in [-0.2, -0.15) is 0 Å². The van der Waals surface area contributed by atoms with E-state index >= 15 is 0 Å². The zero-order valence-corrected chi connectivity index (χ0v) is 16.7. The Morgan fingerprint density at radius 2 is 1.89 bits per heavy atom. The molecule has 6 heteroatoms. The van der Waals surface area contributed by atoms with E-state index in [4.69, 9.17) is 16.0 Å². The lowest BCUT2D eigenvalue weighted by atomic mass is 10.1. The lowest BCUT2D eigenvalue weighted by Gasteiger charge is -2.05. The molecule has 0 saturated carbocycles. The van der Waals surface area contributed by atoms with Crippen molar-refractivity contribution in [2.45, 2.75) is 17.2 Å². The van der Waals surface area contributed by atoms with Crippen molar-refractivity contribution < 1.29 is 9.21 Å². The number of fused-ring (bicyclic) bond motifs is 1. The number of rotatable bonds is 6. The van der Waals surface area contributed by atoms with E-state index < -0.39 is 0 Å². The molecule has 2 heterocycles. The predicted octanol–water partition coefficient (Wildman–Crippen LogP) is 6.37. The van der Waals surface area contributed by atoms with Crippen LogP contribution in [-0.2, 0) is 12.3 Å². The van der Waals surface area contributed by atoms with Crippen LogP contribution >= 0.6 is 34.7 Å². The highest BCUT2D eigenvalue weighted by Crippen LogP contribution is 2.32. The standard InChI is InChI=1S/C21H16ClNO2S2/c22-14-7-9-15(10-8-14)27-13-18-17-5-1-2-6-19(17)25-20(18)21(24)23-12-16-4-3-11-26-16/h1-11H,12-13H2,(H,23,24). The molecule has 0 atom stereocenters. The van der Waals surface area contributed by atoms with Crippen molar-refractivity contribution in [2.75, 3.05) is 0 Å². The Morgan fingerprint density at radius 3 is 2.67 bits per heavy atom. The zero-order valence-electron chi connectivity index (χ0n) is 14.3. The molecule has 0 saturated heterocycles. The van der Waals surface area contributed by atoms with Gasteiger partial charge in [0.25, 0.3) is 5.91 Å². The van der Waals surface area contributed by atoms with Crippen LogP contribution in [0.3, 0.4) is 0 Å². The van der Waals surface area contributed by atoms with Gasteiger partial charge in [0.05, 0.1) is 6.54 Å². The van der Waals surface area contributed by atoms with Crippen LogP contribution in [0.2, 0.25) is 5.02 Å². The van der Waals surface area contributed by atoms with Gasteiger partial charge in [-0.25, -0.2) is 0 Å². The van der Waals surface area contributed by atoms with Gasteiger partial charge in [-0.1, -0.05) is 35.9 Å². The molecule has 0 spiro atoms. The van der Waals surface area contributed by atoms with Crippen molar-refractivity contribution >= 4 is 51.6 Å². The number of furan rings is 1. The minimum Gasteiger partial charge on any atom is -0.451 e. The number of para-hydroxylation sites is 1. The van der Waals surface area contributed by atoms with E-state index in [-0.39, 0.29) is 5.91 Å². The fourth-order valence-electron chi connectivity index (χ4n) is 2.77. The van der Waals surface area contributed by atoms with Crippen LogP contribution in [0, 0.1) is 0 Å². The molecule has 0 aliphatic heterocycles. The van der Waals surface area contributed by atoms with Gasteiger partial charge in [0.15, 0.2) is 5.76 Å². The van der Waals surface area contributed by atoms with Crippen LogP contribution in [-0.4, -0.2) is 5.91 Å². The Bertz CT molecular complexity index is 1060. The first kappa shape index (κ1) is 18.2. The van der Waals surface area contributed by atoms with Crippen molar-refractivity contribution in [1.29, 1.82) is 0 Å². The van der Waals surface area contributed by atoms with E-state index in [1.54, 1.807) is 23.1 Å². The van der Waals surface area contributed by atoms with Gasteiger partial charge < -0.3 is 9.73 Å². The maximum atomic E-state index is 12.8. The Balaban J connectivity index is 1.58. The molecule has 0 aliphatic rings. The van der Waals surface area contributed by atoms with E-state index in [1.165, 1.54) is 0 Å². The second kappa shape index (κ2) is 8.21. The highest BCUT2D eigenvalue weighted by atomic mass is 35.5. The van der Waals surface area contributed by atoms with Crippen molar-refractivity contribution in [2.24, 2.45) is 0 Å². The Kier molecular flexibility index (Phi) is 5.53. The number of halogens is 1. The minimum absolute atomic E-state index is 0.189. The number of carbonyl (C=O) groups excluding carboxylic acids is 1. The van der Waals surface area contributed by atoms with E-state index in [0.29, 0.717) is 23.1 Å². The number of carbonyl (C=O) groups is 1. The summed E-state index contributed by atoms with van der Waals surface area (Å²) in [4.78, 5) is 15.0. The predicted molar refractivity (Wildman–Crippen MR) is 113 cm³/mol. The summed E-state index contributed by atoms with van der Waals surface area (Å²) in [5.74, 6) is 0.834. The fourth-order valence-corrected chi connectivity index (χ4v) is 4.47. The van der Waals surface area contributed by atoms with Crippen LogP contribution < -0.4 is 5.32 Å². The molecule has 2 aromatic heterocycles. The topological polar surface area (TPSA) is 42.2 Å². The van der Waals surface area contributed by atoms with Crippen LogP contribution in [0.1, 0.15) is 21.0 Å². The van der Waals surface area contributed by atoms with E-state index in [2.05, 4.69) is 5.32 Å². The maximum absolute atomic E-state index is 12.8. The van der Waals surface area contributed by atoms with Crippen molar-refractivity contribution in [1.82, 2.24) is 5.32 Å². The number of nitrogens with one attached hydrogen (secondary N) is 1. The average molecular weight is 414 g/mol. The Morgan fingerprint density at radius 1 is 1.07 bits per heavy atom. The first-order chi connectivity index (χ1) is 13.2. The summed E-state index contributed by atoms with van der Waals surface area (Å²) in [7, 11) is 0. The molecule has 1 amide bonds. The van der Waals surface area contributed by atoms with E-state index in [1.807, 2.05) is 66.0 Å². The van der Waals surface area contributed by atoms with E-state index in [0.717, 1.165) is 26.3 Å². The van der Waals surface area contributed by atoms with Crippen LogP contribution in [0.25, 0.3) is 11.0 Å². The third-order valence-electron chi connectivity index (χ3n) is 4.10. The molecular weight excluding hydrogens is 398 g/mol. The summed E-state index contributed by atoms with van der Waals surface area (Å²) in [6.45, 7) is 0.497. The number of benzene rings is 2. The lowest BCUT2D eigenvalue weighted by molar-refractivity contribution is 0.0925. The molecule has 4 rings (SSSR count). The average Bonchev–Trinajstić information content (AvgIpc) is 3.33. The molecule has 2 aromatic carbocycles. The first-order valence-electron chi connectivity index (χ1n) is 8.40. The third-order valence-corrected chi connectivity index (χ3v) is 6.27. The SMILES string of the molecule is O=C(NCc1cccs1)c1oc2ccccc2c1CSc1ccc(Cl)cc1. The monoisotopic (exact) mass is 413 g/mol. The summed E-state index contributed by atoms with van der Waals surface area (Å²) in [5.41, 5.74) is 1.64. The molecule has 0 fully saturated rings. The second-order valence-electron chi connectivity index (χ2n) is 5.91. The molecule has 0 bridgehead atoms. The molecule has 4 aromatic rings. The summed E-state index contributed by atoms with van der Waals surface area (Å²) < 4.78 is 5.90.